The standard InChI is InChI=1S/C18H35NO/c1-13(2)12-20-16-11-15(18(16,5)6)19-14-7-9-17(3,4)10-8-14/h13-16,19H,7-12H2,1-6H3. The number of rotatable bonds is 5. The van der Waals surface area contributed by atoms with E-state index in [1.165, 1.54) is 32.1 Å². The molecule has 0 radical (unpaired) electrons. The van der Waals surface area contributed by atoms with Gasteiger partial charge in [0, 0.05) is 24.1 Å². The lowest BCUT2D eigenvalue weighted by atomic mass is 9.63. The van der Waals surface area contributed by atoms with Gasteiger partial charge in [-0.1, -0.05) is 41.5 Å². The Labute approximate surface area is 126 Å². The van der Waals surface area contributed by atoms with Gasteiger partial charge in [-0.25, -0.2) is 0 Å². The van der Waals surface area contributed by atoms with E-state index in [4.69, 9.17) is 4.74 Å². The van der Waals surface area contributed by atoms with E-state index in [1.54, 1.807) is 0 Å². The van der Waals surface area contributed by atoms with E-state index < -0.39 is 0 Å². The van der Waals surface area contributed by atoms with Crippen molar-refractivity contribution in [3.05, 3.63) is 0 Å². The molecule has 2 rings (SSSR count). The summed E-state index contributed by atoms with van der Waals surface area (Å²) in [5, 5.41) is 3.92. The molecule has 1 N–H and O–H groups in total. The Morgan fingerprint density at radius 3 is 2.20 bits per heavy atom. The maximum absolute atomic E-state index is 6.07. The highest BCUT2D eigenvalue weighted by Gasteiger charge is 2.49. The van der Waals surface area contributed by atoms with Crippen LogP contribution in [0.25, 0.3) is 0 Å². The van der Waals surface area contributed by atoms with Crippen LogP contribution in [-0.4, -0.2) is 24.8 Å². The van der Waals surface area contributed by atoms with E-state index in [9.17, 15) is 0 Å². The molecular weight excluding hydrogens is 246 g/mol. The molecule has 0 aromatic carbocycles. The molecular formula is C18H35NO. The lowest BCUT2D eigenvalue weighted by molar-refractivity contribution is -0.127. The van der Waals surface area contributed by atoms with Crippen molar-refractivity contribution < 1.29 is 4.74 Å². The number of hydrogen-bond donors (Lipinski definition) is 1. The molecule has 0 spiro atoms. The van der Waals surface area contributed by atoms with Gasteiger partial charge in [-0.3, -0.25) is 0 Å². The molecule has 0 amide bonds. The van der Waals surface area contributed by atoms with Crippen LogP contribution in [0.15, 0.2) is 0 Å². The van der Waals surface area contributed by atoms with Crippen molar-refractivity contribution in [2.75, 3.05) is 6.61 Å². The van der Waals surface area contributed by atoms with Crippen LogP contribution in [0, 0.1) is 16.7 Å². The second-order valence-electron chi connectivity index (χ2n) is 8.93. The van der Waals surface area contributed by atoms with Gasteiger partial charge in [0.1, 0.15) is 0 Å². The molecule has 118 valence electrons. The first-order chi connectivity index (χ1) is 9.21. The second kappa shape index (κ2) is 5.96. The molecule has 0 aromatic heterocycles. The highest BCUT2D eigenvalue weighted by atomic mass is 16.5. The predicted octanol–water partition coefficient (Wildman–Crippen LogP) is 4.38. The summed E-state index contributed by atoms with van der Waals surface area (Å²) in [6.07, 6.45) is 7.06. The van der Waals surface area contributed by atoms with Crippen molar-refractivity contribution in [3.63, 3.8) is 0 Å². The molecule has 2 unspecified atom stereocenters. The van der Waals surface area contributed by atoms with Gasteiger partial charge in [0.2, 0.25) is 0 Å². The van der Waals surface area contributed by atoms with Crippen molar-refractivity contribution >= 4 is 0 Å². The lowest BCUT2D eigenvalue weighted by Crippen LogP contribution is -2.63. The first-order valence-electron chi connectivity index (χ1n) is 8.58. The summed E-state index contributed by atoms with van der Waals surface area (Å²) in [5.41, 5.74) is 0.859. The molecule has 20 heavy (non-hydrogen) atoms. The van der Waals surface area contributed by atoms with Crippen LogP contribution >= 0.6 is 0 Å². The fourth-order valence-electron chi connectivity index (χ4n) is 3.61. The van der Waals surface area contributed by atoms with E-state index in [-0.39, 0.29) is 0 Å². The summed E-state index contributed by atoms with van der Waals surface area (Å²) in [4.78, 5) is 0. The van der Waals surface area contributed by atoms with Crippen molar-refractivity contribution in [1.82, 2.24) is 5.32 Å². The van der Waals surface area contributed by atoms with Gasteiger partial charge in [0.15, 0.2) is 0 Å². The molecule has 0 aliphatic heterocycles. The summed E-state index contributed by atoms with van der Waals surface area (Å²) in [7, 11) is 0. The predicted molar refractivity (Wildman–Crippen MR) is 85.9 cm³/mol. The van der Waals surface area contributed by atoms with Crippen LogP contribution in [0.2, 0.25) is 0 Å². The summed E-state index contributed by atoms with van der Waals surface area (Å²) in [5.74, 6) is 0.637. The third kappa shape index (κ3) is 3.76. The highest BCUT2D eigenvalue weighted by Crippen LogP contribution is 2.44. The minimum Gasteiger partial charge on any atom is -0.377 e. The first kappa shape index (κ1) is 16.3. The maximum Gasteiger partial charge on any atom is 0.0656 e. The molecule has 0 saturated heterocycles. The van der Waals surface area contributed by atoms with Gasteiger partial charge in [-0.05, 0) is 43.4 Å². The van der Waals surface area contributed by atoms with Crippen LogP contribution in [0.3, 0.4) is 0 Å². The third-order valence-electron chi connectivity index (χ3n) is 5.58. The Morgan fingerprint density at radius 2 is 1.70 bits per heavy atom. The van der Waals surface area contributed by atoms with Gasteiger partial charge < -0.3 is 10.1 Å². The topological polar surface area (TPSA) is 21.3 Å². The number of hydrogen-bond acceptors (Lipinski definition) is 2. The number of nitrogens with one attached hydrogen (secondary N) is 1. The summed E-state index contributed by atoms with van der Waals surface area (Å²) in [6, 6.07) is 1.38. The highest BCUT2D eigenvalue weighted by molar-refractivity contribution is 5.04. The molecule has 0 heterocycles. The zero-order valence-corrected chi connectivity index (χ0v) is 14.5. The SMILES string of the molecule is CC(C)COC1CC(NC2CCC(C)(C)CC2)C1(C)C. The molecule has 2 aliphatic carbocycles. The Morgan fingerprint density at radius 1 is 1.10 bits per heavy atom. The van der Waals surface area contributed by atoms with E-state index in [0.717, 1.165) is 12.6 Å². The van der Waals surface area contributed by atoms with Crippen molar-refractivity contribution in [2.45, 2.75) is 91.8 Å². The fraction of sp³-hybridized carbons (Fsp3) is 1.00. The van der Waals surface area contributed by atoms with Gasteiger partial charge in [0.05, 0.1) is 6.10 Å². The monoisotopic (exact) mass is 281 g/mol. The van der Waals surface area contributed by atoms with Gasteiger partial charge in [-0.15, -0.1) is 0 Å². The average molecular weight is 281 g/mol. The fourth-order valence-corrected chi connectivity index (χ4v) is 3.61. The third-order valence-corrected chi connectivity index (χ3v) is 5.58. The molecule has 0 aromatic rings. The Balaban J connectivity index is 1.76. The van der Waals surface area contributed by atoms with E-state index in [0.29, 0.717) is 28.9 Å². The normalized spacial score (nSPS) is 33.1. The second-order valence-corrected chi connectivity index (χ2v) is 8.93. The van der Waals surface area contributed by atoms with E-state index in [1.807, 2.05) is 0 Å². The van der Waals surface area contributed by atoms with Gasteiger partial charge in [-0.2, -0.15) is 0 Å². The molecule has 2 saturated carbocycles. The molecule has 2 aliphatic rings. The van der Waals surface area contributed by atoms with E-state index >= 15 is 0 Å². The van der Waals surface area contributed by atoms with Gasteiger partial charge >= 0.3 is 0 Å². The smallest absolute Gasteiger partial charge is 0.0656 e. The van der Waals surface area contributed by atoms with Crippen LogP contribution in [-0.2, 0) is 4.74 Å². The molecule has 2 heteroatoms. The van der Waals surface area contributed by atoms with Crippen LogP contribution < -0.4 is 5.32 Å². The average Bonchev–Trinajstić information content (AvgIpc) is 2.34. The summed E-state index contributed by atoms with van der Waals surface area (Å²) >= 11 is 0. The van der Waals surface area contributed by atoms with E-state index in [2.05, 4.69) is 46.9 Å². The Kier molecular flexibility index (Phi) is 4.86. The molecule has 0 bridgehead atoms. The summed E-state index contributed by atoms with van der Waals surface area (Å²) in [6.45, 7) is 14.9. The first-order valence-corrected chi connectivity index (χ1v) is 8.58. The Hall–Kier alpha value is -0.0800. The molecule has 2 fully saturated rings. The Bertz CT molecular complexity index is 311. The lowest BCUT2D eigenvalue weighted by Gasteiger charge is -2.54. The zero-order chi connectivity index (χ0) is 15.0. The largest absolute Gasteiger partial charge is 0.377 e. The maximum atomic E-state index is 6.07. The van der Waals surface area contributed by atoms with Crippen LogP contribution in [0.5, 0.6) is 0 Å². The van der Waals surface area contributed by atoms with Crippen molar-refractivity contribution in [3.8, 4) is 0 Å². The zero-order valence-electron chi connectivity index (χ0n) is 14.5. The van der Waals surface area contributed by atoms with Crippen LogP contribution in [0.1, 0.15) is 73.6 Å². The van der Waals surface area contributed by atoms with Crippen LogP contribution in [0.4, 0.5) is 0 Å². The quantitative estimate of drug-likeness (QED) is 0.807. The summed E-state index contributed by atoms with van der Waals surface area (Å²) < 4.78 is 6.07. The van der Waals surface area contributed by atoms with Crippen molar-refractivity contribution in [2.24, 2.45) is 16.7 Å². The number of ether oxygens (including phenoxy) is 1. The van der Waals surface area contributed by atoms with Gasteiger partial charge in [0.25, 0.3) is 0 Å². The molecule has 2 nitrogen and oxygen atoms in total. The molecule has 2 atom stereocenters. The van der Waals surface area contributed by atoms with Crippen molar-refractivity contribution in [1.29, 1.82) is 0 Å². The minimum absolute atomic E-state index is 0.294. The minimum atomic E-state index is 0.294.